The van der Waals surface area contributed by atoms with Gasteiger partial charge in [0.05, 0.1) is 13.2 Å². The standard InChI is InChI=1S/C12H27O4P/c1-4-7-8-9-10-11-12(13)17(14,15-5-2)16-6-3/h12-13H,4-11H2,1-3H3/t12-/m1/s1. The van der Waals surface area contributed by atoms with Crippen molar-refractivity contribution in [3.63, 3.8) is 0 Å². The van der Waals surface area contributed by atoms with E-state index < -0.39 is 13.4 Å². The zero-order chi connectivity index (χ0) is 13.1. The quantitative estimate of drug-likeness (QED) is 0.454. The summed E-state index contributed by atoms with van der Waals surface area (Å²) in [6, 6.07) is 0. The number of rotatable bonds is 11. The number of aliphatic hydroxyl groups excluding tert-OH is 1. The molecule has 0 spiro atoms. The van der Waals surface area contributed by atoms with Gasteiger partial charge in [0.25, 0.3) is 0 Å². The Labute approximate surface area is 105 Å². The summed E-state index contributed by atoms with van der Waals surface area (Å²) >= 11 is 0. The third kappa shape index (κ3) is 7.20. The molecule has 4 nitrogen and oxygen atoms in total. The number of aliphatic hydroxyl groups is 1. The van der Waals surface area contributed by atoms with Gasteiger partial charge in [-0.2, -0.15) is 0 Å². The smallest absolute Gasteiger partial charge is 0.358 e. The Hall–Kier alpha value is 0.110. The highest BCUT2D eigenvalue weighted by Gasteiger charge is 2.33. The van der Waals surface area contributed by atoms with Crippen LogP contribution in [0, 0.1) is 0 Å². The summed E-state index contributed by atoms with van der Waals surface area (Å²) in [7, 11) is -3.31. The summed E-state index contributed by atoms with van der Waals surface area (Å²) in [6.07, 6.45) is 5.98. The van der Waals surface area contributed by atoms with Gasteiger partial charge in [-0.25, -0.2) is 0 Å². The Kier molecular flexibility index (Phi) is 10.1. The molecule has 0 aliphatic carbocycles. The van der Waals surface area contributed by atoms with Crippen LogP contribution in [-0.4, -0.2) is 24.2 Å². The van der Waals surface area contributed by atoms with E-state index >= 15 is 0 Å². The van der Waals surface area contributed by atoms with Gasteiger partial charge in [0.1, 0.15) is 0 Å². The lowest BCUT2D eigenvalue weighted by atomic mass is 10.1. The molecule has 0 unspecified atom stereocenters. The maximum atomic E-state index is 12.1. The molecular formula is C12H27O4P. The highest BCUT2D eigenvalue weighted by atomic mass is 31.2. The third-order valence-electron chi connectivity index (χ3n) is 2.55. The van der Waals surface area contributed by atoms with Crippen LogP contribution in [-0.2, 0) is 13.6 Å². The second kappa shape index (κ2) is 10.1. The summed E-state index contributed by atoms with van der Waals surface area (Å²) < 4.78 is 22.3. The number of unbranched alkanes of at least 4 members (excludes halogenated alkanes) is 4. The fourth-order valence-corrected chi connectivity index (χ4v) is 3.30. The molecule has 0 radical (unpaired) electrons. The minimum absolute atomic E-state index is 0.296. The van der Waals surface area contributed by atoms with Crippen molar-refractivity contribution in [3.05, 3.63) is 0 Å². The predicted octanol–water partition coefficient (Wildman–Crippen LogP) is 3.93. The molecule has 0 aliphatic rings. The van der Waals surface area contributed by atoms with Crippen molar-refractivity contribution in [2.45, 2.75) is 65.1 Å². The first-order valence-corrected chi connectivity index (χ1v) is 8.28. The lowest BCUT2D eigenvalue weighted by Gasteiger charge is -2.22. The lowest BCUT2D eigenvalue weighted by Crippen LogP contribution is -2.12. The van der Waals surface area contributed by atoms with E-state index in [1.807, 2.05) is 0 Å². The van der Waals surface area contributed by atoms with E-state index in [0.717, 1.165) is 19.3 Å². The van der Waals surface area contributed by atoms with Crippen molar-refractivity contribution >= 4 is 7.60 Å². The van der Waals surface area contributed by atoms with Gasteiger partial charge < -0.3 is 14.2 Å². The molecule has 17 heavy (non-hydrogen) atoms. The predicted molar refractivity (Wildman–Crippen MR) is 70.2 cm³/mol. The molecule has 0 heterocycles. The van der Waals surface area contributed by atoms with E-state index in [2.05, 4.69) is 6.92 Å². The zero-order valence-corrected chi connectivity index (χ0v) is 12.2. The minimum atomic E-state index is -3.31. The van der Waals surface area contributed by atoms with Crippen LogP contribution in [0.2, 0.25) is 0 Å². The highest BCUT2D eigenvalue weighted by molar-refractivity contribution is 7.54. The first-order chi connectivity index (χ1) is 8.10. The minimum Gasteiger partial charge on any atom is -0.380 e. The molecule has 1 N–H and O–H groups in total. The molecule has 0 rings (SSSR count). The fraction of sp³-hybridized carbons (Fsp3) is 1.00. The fourth-order valence-electron chi connectivity index (χ4n) is 1.66. The monoisotopic (exact) mass is 266 g/mol. The van der Waals surface area contributed by atoms with Gasteiger partial charge in [0, 0.05) is 0 Å². The summed E-state index contributed by atoms with van der Waals surface area (Å²) in [4.78, 5) is 0. The first kappa shape index (κ1) is 17.1. The van der Waals surface area contributed by atoms with E-state index in [9.17, 15) is 9.67 Å². The van der Waals surface area contributed by atoms with Crippen LogP contribution in [0.3, 0.4) is 0 Å². The van der Waals surface area contributed by atoms with Crippen LogP contribution >= 0.6 is 7.60 Å². The van der Waals surface area contributed by atoms with Gasteiger partial charge in [-0.15, -0.1) is 0 Å². The molecule has 0 saturated carbocycles. The maximum Gasteiger partial charge on any atom is 0.358 e. The normalized spacial score (nSPS) is 13.9. The molecule has 0 aromatic heterocycles. The molecule has 0 saturated heterocycles. The summed E-state index contributed by atoms with van der Waals surface area (Å²) in [6.45, 7) is 6.25. The SMILES string of the molecule is CCCCCCC[C@H](O)P(=O)(OCC)OCC. The Morgan fingerprint density at radius 2 is 1.53 bits per heavy atom. The Balaban J connectivity index is 3.97. The van der Waals surface area contributed by atoms with Gasteiger partial charge in [-0.05, 0) is 20.3 Å². The van der Waals surface area contributed by atoms with E-state index in [1.54, 1.807) is 13.8 Å². The van der Waals surface area contributed by atoms with Crippen molar-refractivity contribution in [2.75, 3.05) is 13.2 Å². The van der Waals surface area contributed by atoms with Crippen molar-refractivity contribution in [1.82, 2.24) is 0 Å². The number of hydrogen-bond donors (Lipinski definition) is 1. The van der Waals surface area contributed by atoms with Gasteiger partial charge >= 0.3 is 7.60 Å². The van der Waals surface area contributed by atoms with E-state index in [0.29, 0.717) is 19.6 Å². The number of hydrogen-bond acceptors (Lipinski definition) is 4. The molecule has 5 heteroatoms. The first-order valence-electron chi connectivity index (χ1n) is 6.67. The van der Waals surface area contributed by atoms with Crippen LogP contribution in [0.5, 0.6) is 0 Å². The molecular weight excluding hydrogens is 239 g/mol. The largest absolute Gasteiger partial charge is 0.380 e. The van der Waals surface area contributed by atoms with Crippen LogP contribution in [0.4, 0.5) is 0 Å². The van der Waals surface area contributed by atoms with Crippen LogP contribution < -0.4 is 0 Å². The third-order valence-corrected chi connectivity index (χ3v) is 4.77. The van der Waals surface area contributed by atoms with E-state index in [-0.39, 0.29) is 0 Å². The summed E-state index contributed by atoms with van der Waals surface area (Å²) in [5, 5.41) is 9.87. The van der Waals surface area contributed by atoms with Crippen molar-refractivity contribution < 1.29 is 18.7 Å². The molecule has 0 aromatic carbocycles. The topological polar surface area (TPSA) is 55.8 Å². The van der Waals surface area contributed by atoms with Gasteiger partial charge in [-0.1, -0.05) is 39.0 Å². The van der Waals surface area contributed by atoms with Gasteiger partial charge in [0.2, 0.25) is 0 Å². The Morgan fingerprint density at radius 1 is 1.00 bits per heavy atom. The highest BCUT2D eigenvalue weighted by Crippen LogP contribution is 2.53. The van der Waals surface area contributed by atoms with E-state index in [4.69, 9.17) is 9.05 Å². The van der Waals surface area contributed by atoms with E-state index in [1.165, 1.54) is 12.8 Å². The van der Waals surface area contributed by atoms with Crippen LogP contribution in [0.1, 0.15) is 59.3 Å². The Morgan fingerprint density at radius 3 is 2.00 bits per heavy atom. The lowest BCUT2D eigenvalue weighted by molar-refractivity contribution is 0.142. The van der Waals surface area contributed by atoms with Crippen LogP contribution in [0.15, 0.2) is 0 Å². The molecule has 1 atom stereocenters. The van der Waals surface area contributed by atoms with Crippen LogP contribution in [0.25, 0.3) is 0 Å². The zero-order valence-electron chi connectivity index (χ0n) is 11.4. The average molecular weight is 266 g/mol. The maximum absolute atomic E-state index is 12.1. The molecule has 0 amide bonds. The Bertz CT molecular complexity index is 211. The molecule has 0 aromatic rings. The summed E-state index contributed by atoms with van der Waals surface area (Å²) in [5.41, 5.74) is 0. The average Bonchev–Trinajstić information content (AvgIpc) is 2.29. The molecule has 104 valence electrons. The van der Waals surface area contributed by atoms with Gasteiger partial charge in [-0.3, -0.25) is 4.57 Å². The second-order valence-electron chi connectivity index (χ2n) is 4.06. The molecule has 0 aliphatic heterocycles. The molecule has 0 fully saturated rings. The van der Waals surface area contributed by atoms with Crippen molar-refractivity contribution in [1.29, 1.82) is 0 Å². The van der Waals surface area contributed by atoms with Crippen molar-refractivity contribution in [2.24, 2.45) is 0 Å². The van der Waals surface area contributed by atoms with Crippen molar-refractivity contribution in [3.8, 4) is 0 Å². The summed E-state index contributed by atoms with van der Waals surface area (Å²) in [5.74, 6) is -0.982. The second-order valence-corrected chi connectivity index (χ2v) is 6.25. The molecule has 0 bridgehead atoms. The van der Waals surface area contributed by atoms with Gasteiger partial charge in [0.15, 0.2) is 5.85 Å².